The second kappa shape index (κ2) is 4.33. The van der Waals surface area contributed by atoms with Crippen molar-refractivity contribution in [1.29, 1.82) is 0 Å². The molecular weight excluding hydrogens is 258 g/mol. The number of rotatable bonds is 2. The molecule has 0 spiro atoms. The molecule has 2 saturated carbocycles. The van der Waals surface area contributed by atoms with Crippen LogP contribution in [0.15, 0.2) is 18.2 Å². The van der Waals surface area contributed by atoms with E-state index in [1.165, 1.54) is 61.1 Å². The molecule has 1 N–H and O–H groups in total. The summed E-state index contributed by atoms with van der Waals surface area (Å²) < 4.78 is 2.56. The summed E-state index contributed by atoms with van der Waals surface area (Å²) >= 11 is 0. The molecule has 0 amide bonds. The summed E-state index contributed by atoms with van der Waals surface area (Å²) in [5, 5.41) is 3.79. The van der Waals surface area contributed by atoms with Gasteiger partial charge >= 0.3 is 0 Å². The van der Waals surface area contributed by atoms with E-state index >= 15 is 0 Å². The normalized spacial score (nSPS) is 32.0. The van der Waals surface area contributed by atoms with E-state index < -0.39 is 0 Å². The number of aromatic nitrogens is 2. The Morgan fingerprint density at radius 2 is 2.10 bits per heavy atom. The molecule has 1 saturated heterocycles. The molecule has 0 radical (unpaired) electrons. The van der Waals surface area contributed by atoms with E-state index in [1.807, 2.05) is 0 Å². The van der Waals surface area contributed by atoms with Gasteiger partial charge in [0.15, 0.2) is 0 Å². The van der Waals surface area contributed by atoms with Crippen molar-refractivity contribution in [3.8, 4) is 0 Å². The van der Waals surface area contributed by atoms with Crippen LogP contribution in [0.5, 0.6) is 0 Å². The molecule has 110 valence electrons. The van der Waals surface area contributed by atoms with Crippen molar-refractivity contribution in [3.63, 3.8) is 0 Å². The van der Waals surface area contributed by atoms with Crippen LogP contribution in [0.3, 0.4) is 0 Å². The van der Waals surface area contributed by atoms with Crippen LogP contribution >= 0.6 is 0 Å². The van der Waals surface area contributed by atoms with Crippen LogP contribution in [-0.4, -0.2) is 16.1 Å². The first-order valence-electron chi connectivity index (χ1n) is 8.53. The van der Waals surface area contributed by atoms with Crippen LogP contribution in [0.25, 0.3) is 11.0 Å². The molecule has 3 heteroatoms. The summed E-state index contributed by atoms with van der Waals surface area (Å²) in [7, 11) is 0. The van der Waals surface area contributed by atoms with Gasteiger partial charge < -0.3 is 9.88 Å². The van der Waals surface area contributed by atoms with E-state index in [0.717, 1.165) is 11.8 Å². The Balaban J connectivity index is 1.66. The van der Waals surface area contributed by atoms with E-state index in [0.29, 0.717) is 12.1 Å². The number of benzene rings is 1. The Morgan fingerprint density at radius 1 is 1.19 bits per heavy atom. The molecule has 5 rings (SSSR count). The number of hydrogen-bond acceptors (Lipinski definition) is 2. The zero-order valence-corrected chi connectivity index (χ0v) is 12.7. The van der Waals surface area contributed by atoms with Gasteiger partial charge in [0, 0.05) is 6.04 Å². The standard InChI is InChI=1S/C18H23N3/c1-11-5-8-16-15(9-11)20-18(21(16)13-6-7-13)17-14-4-2-3-12(14)10-19-17/h5,8-9,12-14,17,19H,2-4,6-7,10H2,1H3. The van der Waals surface area contributed by atoms with Crippen LogP contribution in [0.2, 0.25) is 0 Å². The number of nitrogens with one attached hydrogen (secondary N) is 1. The SMILES string of the molecule is Cc1ccc2c(c1)nc(C1NCC3CCCC31)n2C1CC1. The van der Waals surface area contributed by atoms with Crippen LogP contribution in [0, 0.1) is 18.8 Å². The first kappa shape index (κ1) is 12.2. The van der Waals surface area contributed by atoms with Crippen LogP contribution in [0.4, 0.5) is 0 Å². The fourth-order valence-electron chi connectivity index (χ4n) is 4.63. The van der Waals surface area contributed by atoms with Gasteiger partial charge in [-0.05, 0) is 68.7 Å². The van der Waals surface area contributed by atoms with E-state index in [2.05, 4.69) is 35.0 Å². The van der Waals surface area contributed by atoms with Crippen molar-refractivity contribution in [2.75, 3.05) is 6.54 Å². The van der Waals surface area contributed by atoms with Crippen molar-refractivity contribution < 1.29 is 0 Å². The number of nitrogens with zero attached hydrogens (tertiary/aromatic N) is 2. The molecule has 2 aromatic rings. The Kier molecular flexibility index (Phi) is 2.52. The second-order valence-corrected chi connectivity index (χ2v) is 7.30. The molecule has 1 aromatic carbocycles. The summed E-state index contributed by atoms with van der Waals surface area (Å²) in [5.41, 5.74) is 3.86. The minimum absolute atomic E-state index is 0.491. The molecule has 3 atom stereocenters. The highest BCUT2D eigenvalue weighted by atomic mass is 15.2. The molecule has 2 aliphatic carbocycles. The molecule has 3 nitrogen and oxygen atoms in total. The van der Waals surface area contributed by atoms with Gasteiger partial charge in [0.05, 0.1) is 17.1 Å². The molecule has 2 heterocycles. The van der Waals surface area contributed by atoms with Gasteiger partial charge in [-0.15, -0.1) is 0 Å². The van der Waals surface area contributed by atoms with Crippen LogP contribution in [0.1, 0.15) is 55.6 Å². The largest absolute Gasteiger partial charge is 0.324 e. The van der Waals surface area contributed by atoms with Crippen LogP contribution < -0.4 is 5.32 Å². The summed E-state index contributed by atoms with van der Waals surface area (Å²) in [6.07, 6.45) is 6.86. The Bertz CT molecular complexity index is 698. The number of aryl methyl sites for hydroxylation is 1. The number of imidazole rings is 1. The number of fused-ring (bicyclic) bond motifs is 2. The fraction of sp³-hybridized carbons (Fsp3) is 0.611. The fourth-order valence-corrected chi connectivity index (χ4v) is 4.63. The van der Waals surface area contributed by atoms with Crippen molar-refractivity contribution >= 4 is 11.0 Å². The average molecular weight is 281 g/mol. The molecule has 3 unspecified atom stereocenters. The molecule has 3 fully saturated rings. The summed E-state index contributed by atoms with van der Waals surface area (Å²) in [6.45, 7) is 3.36. The minimum Gasteiger partial charge on any atom is -0.324 e. The molecule has 1 aromatic heterocycles. The Hall–Kier alpha value is -1.35. The maximum atomic E-state index is 5.08. The van der Waals surface area contributed by atoms with Gasteiger partial charge in [0.25, 0.3) is 0 Å². The second-order valence-electron chi connectivity index (χ2n) is 7.30. The third kappa shape index (κ3) is 1.80. The molecule has 3 aliphatic rings. The predicted octanol–water partition coefficient (Wildman–Crippen LogP) is 3.74. The van der Waals surface area contributed by atoms with E-state index in [9.17, 15) is 0 Å². The van der Waals surface area contributed by atoms with Gasteiger partial charge in [-0.2, -0.15) is 0 Å². The average Bonchev–Trinajstić information content (AvgIpc) is 2.93. The molecule has 0 bridgehead atoms. The van der Waals surface area contributed by atoms with Gasteiger partial charge in [0.1, 0.15) is 5.82 Å². The van der Waals surface area contributed by atoms with Crippen molar-refractivity contribution in [2.45, 2.75) is 51.1 Å². The third-order valence-electron chi connectivity index (χ3n) is 5.81. The van der Waals surface area contributed by atoms with Gasteiger partial charge in [0.2, 0.25) is 0 Å². The van der Waals surface area contributed by atoms with Crippen molar-refractivity contribution in [1.82, 2.24) is 14.9 Å². The van der Waals surface area contributed by atoms with Gasteiger partial charge in [-0.3, -0.25) is 0 Å². The predicted molar refractivity (Wildman–Crippen MR) is 84.3 cm³/mol. The van der Waals surface area contributed by atoms with Gasteiger partial charge in [-0.1, -0.05) is 12.5 Å². The topological polar surface area (TPSA) is 29.9 Å². The van der Waals surface area contributed by atoms with Crippen molar-refractivity contribution in [2.24, 2.45) is 11.8 Å². The molecule has 1 aliphatic heterocycles. The summed E-state index contributed by atoms with van der Waals surface area (Å²) in [6, 6.07) is 7.95. The van der Waals surface area contributed by atoms with E-state index in [-0.39, 0.29) is 0 Å². The zero-order valence-electron chi connectivity index (χ0n) is 12.7. The Labute approximate surface area is 125 Å². The van der Waals surface area contributed by atoms with E-state index in [1.54, 1.807) is 0 Å². The van der Waals surface area contributed by atoms with Crippen LogP contribution in [-0.2, 0) is 0 Å². The lowest BCUT2D eigenvalue weighted by Gasteiger charge is -2.19. The minimum atomic E-state index is 0.491. The summed E-state index contributed by atoms with van der Waals surface area (Å²) in [5.74, 6) is 3.04. The highest BCUT2D eigenvalue weighted by molar-refractivity contribution is 5.77. The highest BCUT2D eigenvalue weighted by Gasteiger charge is 2.43. The lowest BCUT2D eigenvalue weighted by molar-refractivity contribution is 0.398. The first-order valence-corrected chi connectivity index (χ1v) is 8.53. The lowest BCUT2D eigenvalue weighted by Crippen LogP contribution is -2.22. The maximum Gasteiger partial charge on any atom is 0.127 e. The zero-order chi connectivity index (χ0) is 14.0. The van der Waals surface area contributed by atoms with Gasteiger partial charge in [-0.25, -0.2) is 4.98 Å². The summed E-state index contributed by atoms with van der Waals surface area (Å²) in [4.78, 5) is 5.08. The first-order chi connectivity index (χ1) is 10.3. The Morgan fingerprint density at radius 3 is 2.95 bits per heavy atom. The maximum absolute atomic E-state index is 5.08. The number of hydrogen-bond donors (Lipinski definition) is 1. The quantitative estimate of drug-likeness (QED) is 0.908. The third-order valence-corrected chi connectivity index (χ3v) is 5.81. The smallest absolute Gasteiger partial charge is 0.127 e. The molecule has 21 heavy (non-hydrogen) atoms. The van der Waals surface area contributed by atoms with Crippen molar-refractivity contribution in [3.05, 3.63) is 29.6 Å². The molecular formula is C18H23N3. The van der Waals surface area contributed by atoms with E-state index in [4.69, 9.17) is 4.98 Å². The lowest BCUT2D eigenvalue weighted by atomic mass is 9.93. The highest BCUT2D eigenvalue weighted by Crippen LogP contribution is 2.47. The monoisotopic (exact) mass is 281 g/mol.